The summed E-state index contributed by atoms with van der Waals surface area (Å²) < 4.78 is 14.3. The molecular formula is C51H53N13O5. The smallest absolute Gasteiger partial charge is 0.251 e. The van der Waals surface area contributed by atoms with Crippen molar-refractivity contribution in [2.24, 2.45) is 0 Å². The van der Waals surface area contributed by atoms with Crippen molar-refractivity contribution in [1.82, 2.24) is 55.3 Å². The normalized spacial score (nSPS) is 14.0. The summed E-state index contributed by atoms with van der Waals surface area (Å²) in [6, 6.07) is 26.5. The lowest BCUT2D eigenvalue weighted by Crippen LogP contribution is -2.33. The Hall–Kier alpha value is -8.09. The number of likely N-dealkylation sites (N-methyl/N-ethyl adjacent to an activating group) is 1. The summed E-state index contributed by atoms with van der Waals surface area (Å²) >= 11 is 0. The molecule has 1 unspecified atom stereocenters. The van der Waals surface area contributed by atoms with Crippen molar-refractivity contribution in [3.8, 4) is 67.9 Å². The van der Waals surface area contributed by atoms with Gasteiger partial charge >= 0.3 is 0 Å². The molecule has 0 aliphatic heterocycles. The quantitative estimate of drug-likeness (QED) is 0.0751. The lowest BCUT2D eigenvalue weighted by molar-refractivity contribution is -0.123. The number of hydrogen-bond acceptors (Lipinski definition) is 15. The molecular weight excluding hydrogens is 875 g/mol. The van der Waals surface area contributed by atoms with Gasteiger partial charge in [-0.2, -0.15) is 0 Å². The number of benzene rings is 2. The Bertz CT molecular complexity index is 3200. The van der Waals surface area contributed by atoms with Crippen LogP contribution in [0.15, 0.2) is 128 Å². The highest BCUT2D eigenvalue weighted by Crippen LogP contribution is 2.33. The molecule has 6 aromatic heterocycles. The maximum Gasteiger partial charge on any atom is 0.251 e. The van der Waals surface area contributed by atoms with E-state index in [9.17, 15) is 14.4 Å². The Labute approximate surface area is 397 Å². The first-order chi connectivity index (χ1) is 33.5. The van der Waals surface area contributed by atoms with E-state index in [4.69, 9.17) is 25.5 Å². The molecule has 2 aliphatic carbocycles. The van der Waals surface area contributed by atoms with Crippen LogP contribution in [0.2, 0.25) is 0 Å². The summed E-state index contributed by atoms with van der Waals surface area (Å²) in [5, 5.41) is 17.6. The summed E-state index contributed by atoms with van der Waals surface area (Å²) in [7, 11) is 3.42. The minimum Gasteiger partial charge on any atom is -0.382 e. The molecule has 8 aromatic rings. The molecule has 2 saturated carbocycles. The molecule has 18 nitrogen and oxygen atoms in total. The molecule has 1 amide bonds. The molecule has 7 N–H and O–H groups in total. The Balaban J connectivity index is 0.000000172. The molecule has 69 heavy (non-hydrogen) atoms. The maximum atomic E-state index is 12.4. The van der Waals surface area contributed by atoms with Gasteiger partial charge in [0.05, 0.1) is 23.8 Å². The first-order valence-corrected chi connectivity index (χ1v) is 23.0. The van der Waals surface area contributed by atoms with Gasteiger partial charge in [0.15, 0.2) is 34.5 Å². The van der Waals surface area contributed by atoms with Crippen molar-refractivity contribution < 1.29 is 13.8 Å². The zero-order chi connectivity index (χ0) is 48.0. The minimum absolute atomic E-state index is 0.0125. The van der Waals surface area contributed by atoms with Crippen LogP contribution < -0.4 is 38.5 Å². The van der Waals surface area contributed by atoms with Crippen LogP contribution >= 0.6 is 0 Å². The molecule has 2 fully saturated rings. The van der Waals surface area contributed by atoms with Gasteiger partial charge in [0.1, 0.15) is 17.4 Å². The van der Waals surface area contributed by atoms with Crippen LogP contribution in [0.3, 0.4) is 0 Å². The number of carbonyl (C=O) groups excluding carboxylic acids is 1. The van der Waals surface area contributed by atoms with Gasteiger partial charge in [-0.05, 0) is 62.9 Å². The number of nitrogens with one attached hydrogen (secondary N) is 3. The molecule has 0 bridgehead atoms. The summed E-state index contributed by atoms with van der Waals surface area (Å²) in [5.74, 6) is 0.991. The van der Waals surface area contributed by atoms with E-state index in [2.05, 4.69) is 53.3 Å². The van der Waals surface area contributed by atoms with Crippen molar-refractivity contribution in [3.63, 3.8) is 0 Å². The maximum absolute atomic E-state index is 12.4. The molecule has 0 saturated heterocycles. The van der Waals surface area contributed by atoms with Crippen LogP contribution in [0.1, 0.15) is 68.7 Å². The summed E-state index contributed by atoms with van der Waals surface area (Å²) in [6.07, 6.45) is 13.5. The zero-order valence-corrected chi connectivity index (χ0v) is 38.6. The first kappa shape index (κ1) is 46.0. The van der Waals surface area contributed by atoms with E-state index in [1.165, 1.54) is 42.3 Å². The van der Waals surface area contributed by atoms with Crippen molar-refractivity contribution in [2.45, 2.75) is 76.7 Å². The fraction of sp³-hybridized carbons (Fsp3) is 0.275. The number of anilines is 2. The van der Waals surface area contributed by atoms with E-state index in [1.54, 1.807) is 43.6 Å². The molecule has 10 rings (SSSR count). The van der Waals surface area contributed by atoms with E-state index in [1.807, 2.05) is 60.3 Å². The highest BCUT2D eigenvalue weighted by molar-refractivity contribution is 5.80. The van der Waals surface area contributed by atoms with Gasteiger partial charge in [-0.25, -0.2) is 19.9 Å². The number of carbonyl (C=O) groups is 1. The average molecular weight is 928 g/mol. The summed E-state index contributed by atoms with van der Waals surface area (Å²) in [6.45, 7) is 3.30. The third kappa shape index (κ3) is 10.6. The SMILES string of the molecule is CNCc1ccc(-c2cc(-c3nc(-c4ccc(=O)n(C(C)C(=O)NC)c4)cnc3N)on2)cc1.Nc1ncc(-c2ccc(=O)n(C3CCCC3)c2)nc1-c1cc(-c2ccc(CNC3CC3)cc2)no1. The Kier molecular flexibility index (Phi) is 13.6. The number of nitrogen functional groups attached to an aromatic ring is 2. The van der Waals surface area contributed by atoms with Gasteiger partial charge in [0, 0.05) is 91.1 Å². The van der Waals surface area contributed by atoms with Crippen LogP contribution in [-0.2, 0) is 17.9 Å². The second-order valence-corrected chi connectivity index (χ2v) is 17.3. The molecule has 2 aromatic carbocycles. The average Bonchev–Trinajstić information content (AvgIpc) is 3.71. The van der Waals surface area contributed by atoms with E-state index in [-0.39, 0.29) is 34.7 Å². The topological polar surface area (TPSA) is 253 Å². The van der Waals surface area contributed by atoms with Gasteiger partial charge in [0.25, 0.3) is 11.1 Å². The minimum atomic E-state index is -0.685. The van der Waals surface area contributed by atoms with Crippen molar-refractivity contribution in [2.75, 3.05) is 25.6 Å². The molecule has 0 radical (unpaired) electrons. The highest BCUT2D eigenvalue weighted by Gasteiger charge is 2.22. The third-order valence-corrected chi connectivity index (χ3v) is 12.4. The number of rotatable bonds is 14. The Morgan fingerprint density at radius 3 is 1.70 bits per heavy atom. The number of pyridine rings is 2. The van der Waals surface area contributed by atoms with E-state index in [0.29, 0.717) is 57.3 Å². The largest absolute Gasteiger partial charge is 0.382 e. The molecule has 0 spiro atoms. The van der Waals surface area contributed by atoms with Crippen LogP contribution in [0.25, 0.3) is 67.9 Å². The van der Waals surface area contributed by atoms with Crippen LogP contribution in [0, 0.1) is 0 Å². The molecule has 352 valence electrons. The summed E-state index contributed by atoms with van der Waals surface area (Å²) in [4.78, 5) is 54.7. The number of hydrogen-bond donors (Lipinski definition) is 5. The number of nitrogens with two attached hydrogens (primary N) is 2. The van der Waals surface area contributed by atoms with Gasteiger partial charge in [-0.1, -0.05) is 71.7 Å². The zero-order valence-electron chi connectivity index (χ0n) is 38.6. The van der Waals surface area contributed by atoms with Gasteiger partial charge < -0.3 is 45.6 Å². The molecule has 6 heterocycles. The van der Waals surface area contributed by atoms with E-state index in [0.717, 1.165) is 61.0 Å². The van der Waals surface area contributed by atoms with E-state index < -0.39 is 6.04 Å². The van der Waals surface area contributed by atoms with Crippen LogP contribution in [0.5, 0.6) is 0 Å². The Morgan fingerprint density at radius 2 is 1.17 bits per heavy atom. The van der Waals surface area contributed by atoms with Crippen molar-refractivity contribution in [1.29, 1.82) is 0 Å². The van der Waals surface area contributed by atoms with Crippen LogP contribution in [0.4, 0.5) is 11.6 Å². The van der Waals surface area contributed by atoms with Gasteiger partial charge in [-0.3, -0.25) is 14.4 Å². The number of nitrogens with zero attached hydrogens (tertiary/aromatic N) is 8. The van der Waals surface area contributed by atoms with Crippen molar-refractivity contribution >= 4 is 17.5 Å². The van der Waals surface area contributed by atoms with E-state index >= 15 is 0 Å². The second kappa shape index (κ2) is 20.4. The van der Waals surface area contributed by atoms with Gasteiger partial charge in [0.2, 0.25) is 5.91 Å². The highest BCUT2D eigenvalue weighted by atomic mass is 16.5. The third-order valence-electron chi connectivity index (χ3n) is 12.4. The monoisotopic (exact) mass is 927 g/mol. The predicted octanol–water partition coefficient (Wildman–Crippen LogP) is 6.81. The first-order valence-electron chi connectivity index (χ1n) is 23.0. The van der Waals surface area contributed by atoms with Crippen molar-refractivity contribution in [3.05, 3.63) is 142 Å². The molecule has 18 heteroatoms. The fourth-order valence-corrected chi connectivity index (χ4v) is 8.24. The number of aromatic nitrogens is 8. The predicted molar refractivity (Wildman–Crippen MR) is 263 cm³/mol. The van der Waals surface area contributed by atoms with Crippen LogP contribution in [-0.4, -0.2) is 65.4 Å². The lowest BCUT2D eigenvalue weighted by atomic mass is 10.1. The molecule has 1 atom stereocenters. The summed E-state index contributed by atoms with van der Waals surface area (Å²) in [5.41, 5.74) is 20.9. The number of amides is 1. The second-order valence-electron chi connectivity index (χ2n) is 17.3. The van der Waals surface area contributed by atoms with Gasteiger partial charge in [-0.15, -0.1) is 0 Å². The molecule has 2 aliphatic rings. The fourth-order valence-electron chi connectivity index (χ4n) is 8.24. The Morgan fingerprint density at radius 1 is 0.667 bits per heavy atom. The lowest BCUT2D eigenvalue weighted by Gasteiger charge is -2.14. The standard InChI is InChI=1S/C27H28N6O2.C24H25N7O3/c28-27-26(24-13-22(32-35-24)18-7-5-17(6-8-18)14-29-20-10-11-20)31-23(15-30-27)19-9-12-25(34)33(16-19)21-3-1-2-4-21;1-14(24(33)27-3)31-13-17(8-9-21(31)32)19-12-28-23(25)22(29-19)20-10-18(30-34-20)16-6-4-15(5-7-16)11-26-2/h5-9,12-13,15-16,20-21,29H,1-4,10-11,14H2,(H2,28,30);4-10,12-14,26H,11H2,1-3H3,(H2,25,28)(H,27,33).